The molecule has 0 saturated carbocycles. The van der Waals surface area contributed by atoms with Crippen LogP contribution < -0.4 is 11.1 Å². The number of nitrogens with one attached hydrogen (secondary N) is 1. The van der Waals surface area contributed by atoms with Crippen molar-refractivity contribution in [1.29, 1.82) is 0 Å². The van der Waals surface area contributed by atoms with Gasteiger partial charge in [-0.3, -0.25) is 9.59 Å². The Kier molecular flexibility index (Phi) is 7.18. The number of ketones is 1. The second-order valence-electron chi connectivity index (χ2n) is 7.89. The number of carbonyl (C=O) groups is 3. The lowest BCUT2D eigenvalue weighted by Gasteiger charge is -2.29. The highest BCUT2D eigenvalue weighted by atomic mass is 19.1. The third-order valence-corrected chi connectivity index (χ3v) is 5.40. The van der Waals surface area contributed by atoms with E-state index in [1.54, 1.807) is 12.1 Å². The van der Waals surface area contributed by atoms with Crippen molar-refractivity contribution in [3.8, 4) is 0 Å². The lowest BCUT2D eigenvalue weighted by Crippen LogP contribution is -2.62. The number of hydrogen-bond acceptors (Lipinski definition) is 5. The van der Waals surface area contributed by atoms with Crippen molar-refractivity contribution in [2.45, 2.75) is 31.3 Å². The summed E-state index contributed by atoms with van der Waals surface area (Å²) in [5.41, 5.74) is 5.03. The molecule has 0 aliphatic heterocycles. The highest BCUT2D eigenvalue weighted by Crippen LogP contribution is 2.24. The lowest BCUT2D eigenvalue weighted by molar-refractivity contribution is -0.152. The molecule has 0 heterocycles. The number of halogens is 2. The van der Waals surface area contributed by atoms with E-state index < -0.39 is 40.9 Å². The Morgan fingerprint density at radius 3 is 2.33 bits per heavy atom. The molecule has 3 aromatic rings. The van der Waals surface area contributed by atoms with Gasteiger partial charge in [0.25, 0.3) is 0 Å². The third kappa shape index (κ3) is 5.40. The van der Waals surface area contributed by atoms with E-state index in [4.69, 9.17) is 10.5 Å². The van der Waals surface area contributed by atoms with Crippen LogP contribution in [0.15, 0.2) is 60.7 Å². The minimum atomic E-state index is -2.06. The molecule has 2 atom stereocenters. The molecular weight excluding hydrogens is 430 g/mol. The van der Waals surface area contributed by atoms with Gasteiger partial charge in [-0.25, -0.2) is 13.6 Å². The monoisotopic (exact) mass is 454 g/mol. The zero-order chi connectivity index (χ0) is 24.2. The standard InChI is InChI=1S/C25H24F2N2O4/c1-15(29-22(30)12-16-10-19(26)13-20(27)11-16)23(31)25(28,24(32)33-2)14-18-8-5-7-17-6-3-4-9-21(17)18/h3-11,13,15H,12,14,28H2,1-2H3,(H,29,30)/t15-,25-/m0/s1. The summed E-state index contributed by atoms with van der Waals surface area (Å²) < 4.78 is 31.6. The normalized spacial score (nSPS) is 13.7. The predicted octanol–water partition coefficient (Wildman–Crippen LogP) is 2.85. The summed E-state index contributed by atoms with van der Waals surface area (Å²) in [7, 11) is 1.13. The van der Waals surface area contributed by atoms with Gasteiger partial charge < -0.3 is 15.8 Å². The molecule has 0 spiro atoms. The number of carbonyl (C=O) groups excluding carboxylic acids is 3. The van der Waals surface area contributed by atoms with Crippen LogP contribution in [0.5, 0.6) is 0 Å². The third-order valence-electron chi connectivity index (χ3n) is 5.40. The van der Waals surface area contributed by atoms with Gasteiger partial charge >= 0.3 is 5.97 Å². The first kappa shape index (κ1) is 24.0. The summed E-state index contributed by atoms with van der Waals surface area (Å²) >= 11 is 0. The number of rotatable bonds is 8. The SMILES string of the molecule is COC(=O)[C@](N)(Cc1cccc2ccccc12)C(=O)[C@H](C)NC(=O)Cc1cc(F)cc(F)c1. The smallest absolute Gasteiger partial charge is 0.334 e. The molecular formula is C25H24F2N2O4. The summed E-state index contributed by atoms with van der Waals surface area (Å²) in [6.45, 7) is 1.39. The van der Waals surface area contributed by atoms with Crippen LogP contribution in [0.1, 0.15) is 18.1 Å². The number of benzene rings is 3. The van der Waals surface area contributed by atoms with Crippen molar-refractivity contribution in [3.05, 3.63) is 83.4 Å². The molecule has 8 heteroatoms. The van der Waals surface area contributed by atoms with E-state index in [1.807, 2.05) is 30.3 Å². The van der Waals surface area contributed by atoms with Crippen molar-refractivity contribution in [1.82, 2.24) is 5.32 Å². The van der Waals surface area contributed by atoms with Gasteiger partial charge in [-0.2, -0.15) is 0 Å². The molecule has 0 aliphatic rings. The molecule has 0 bridgehead atoms. The number of esters is 1. The number of hydrogen-bond donors (Lipinski definition) is 2. The number of Topliss-reactive ketones (excluding diaryl/α,β-unsaturated/α-hetero) is 1. The highest BCUT2D eigenvalue weighted by molar-refractivity contribution is 6.11. The number of ether oxygens (including phenoxy) is 1. The number of nitrogens with two attached hydrogens (primary N) is 1. The maximum atomic E-state index is 13.4. The van der Waals surface area contributed by atoms with Crippen LogP contribution in [0.3, 0.4) is 0 Å². The van der Waals surface area contributed by atoms with Crippen LogP contribution in [0.25, 0.3) is 10.8 Å². The van der Waals surface area contributed by atoms with Gasteiger partial charge in [-0.1, -0.05) is 42.5 Å². The Hall–Kier alpha value is -3.65. The average molecular weight is 454 g/mol. The fourth-order valence-corrected chi connectivity index (χ4v) is 3.83. The van der Waals surface area contributed by atoms with E-state index in [0.29, 0.717) is 11.6 Å². The summed E-state index contributed by atoms with van der Waals surface area (Å²) in [6.07, 6.45) is -0.499. The first-order valence-electron chi connectivity index (χ1n) is 10.3. The minimum Gasteiger partial charge on any atom is -0.467 e. The van der Waals surface area contributed by atoms with Crippen LogP contribution in [-0.4, -0.2) is 36.4 Å². The van der Waals surface area contributed by atoms with Crippen molar-refractivity contribution in [2.75, 3.05) is 7.11 Å². The van der Waals surface area contributed by atoms with E-state index in [2.05, 4.69) is 5.32 Å². The number of methoxy groups -OCH3 is 1. The van der Waals surface area contributed by atoms with Gasteiger partial charge in [-0.15, -0.1) is 0 Å². The Bertz CT molecular complexity index is 1190. The first-order valence-corrected chi connectivity index (χ1v) is 10.3. The quantitative estimate of drug-likeness (QED) is 0.403. The maximum Gasteiger partial charge on any atom is 0.334 e. The topological polar surface area (TPSA) is 98.5 Å². The average Bonchev–Trinajstić information content (AvgIpc) is 2.77. The highest BCUT2D eigenvalue weighted by Gasteiger charge is 2.45. The van der Waals surface area contributed by atoms with E-state index in [-0.39, 0.29) is 18.4 Å². The molecule has 0 aliphatic carbocycles. The Morgan fingerprint density at radius 1 is 1.03 bits per heavy atom. The van der Waals surface area contributed by atoms with Gasteiger partial charge in [0, 0.05) is 12.5 Å². The van der Waals surface area contributed by atoms with Crippen LogP contribution in [0.4, 0.5) is 8.78 Å². The van der Waals surface area contributed by atoms with Crippen LogP contribution in [0, 0.1) is 11.6 Å². The second kappa shape index (κ2) is 9.87. The summed E-state index contributed by atoms with van der Waals surface area (Å²) in [4.78, 5) is 38.2. The largest absolute Gasteiger partial charge is 0.467 e. The molecule has 1 amide bonds. The molecule has 3 N–H and O–H groups in total. The first-order chi connectivity index (χ1) is 15.6. The fourth-order valence-electron chi connectivity index (χ4n) is 3.83. The number of amides is 1. The zero-order valence-electron chi connectivity index (χ0n) is 18.2. The summed E-state index contributed by atoms with van der Waals surface area (Å²) in [6, 6.07) is 14.5. The van der Waals surface area contributed by atoms with Gasteiger partial charge in [-0.05, 0) is 41.0 Å². The second-order valence-corrected chi connectivity index (χ2v) is 7.89. The molecule has 0 radical (unpaired) electrons. The summed E-state index contributed by atoms with van der Waals surface area (Å²) in [5.74, 6) is -3.97. The van der Waals surface area contributed by atoms with Crippen molar-refractivity contribution in [2.24, 2.45) is 5.73 Å². The molecule has 3 aromatic carbocycles. The molecule has 0 unspecified atom stereocenters. The molecule has 0 saturated heterocycles. The van der Waals surface area contributed by atoms with E-state index in [0.717, 1.165) is 30.0 Å². The molecule has 172 valence electrons. The Morgan fingerprint density at radius 2 is 1.67 bits per heavy atom. The molecule has 33 heavy (non-hydrogen) atoms. The Balaban J connectivity index is 1.81. The lowest BCUT2D eigenvalue weighted by atomic mass is 9.83. The van der Waals surface area contributed by atoms with Crippen molar-refractivity contribution < 1.29 is 27.9 Å². The van der Waals surface area contributed by atoms with Crippen molar-refractivity contribution in [3.63, 3.8) is 0 Å². The van der Waals surface area contributed by atoms with E-state index in [9.17, 15) is 23.2 Å². The fraction of sp³-hybridized carbons (Fsp3) is 0.240. The predicted molar refractivity (Wildman–Crippen MR) is 119 cm³/mol. The minimum absolute atomic E-state index is 0.104. The summed E-state index contributed by atoms with van der Waals surface area (Å²) in [5, 5.41) is 4.20. The zero-order valence-corrected chi connectivity index (χ0v) is 18.2. The van der Waals surface area contributed by atoms with Gasteiger partial charge in [0.1, 0.15) is 11.6 Å². The van der Waals surface area contributed by atoms with Gasteiger partial charge in [0.15, 0.2) is 11.3 Å². The van der Waals surface area contributed by atoms with Crippen LogP contribution in [-0.2, 0) is 32.0 Å². The van der Waals surface area contributed by atoms with Crippen LogP contribution in [0.2, 0.25) is 0 Å². The molecule has 0 aromatic heterocycles. The van der Waals surface area contributed by atoms with Crippen LogP contribution >= 0.6 is 0 Å². The van der Waals surface area contributed by atoms with Gasteiger partial charge in [0.2, 0.25) is 5.91 Å². The van der Waals surface area contributed by atoms with Gasteiger partial charge in [0.05, 0.1) is 19.6 Å². The van der Waals surface area contributed by atoms with E-state index >= 15 is 0 Å². The molecule has 3 rings (SSSR count). The molecule has 6 nitrogen and oxygen atoms in total. The Labute approximate surface area is 189 Å². The molecule has 0 fully saturated rings. The maximum absolute atomic E-state index is 13.4. The van der Waals surface area contributed by atoms with Crippen molar-refractivity contribution >= 4 is 28.4 Å². The number of fused-ring (bicyclic) bond motifs is 1. The van der Waals surface area contributed by atoms with E-state index in [1.165, 1.54) is 6.92 Å².